The summed E-state index contributed by atoms with van der Waals surface area (Å²) in [5.41, 5.74) is 3.70. The number of hydrogen-bond acceptors (Lipinski definition) is 3. The lowest BCUT2D eigenvalue weighted by molar-refractivity contribution is -0.143. The highest BCUT2D eigenvalue weighted by Gasteiger charge is 2.30. The molecule has 0 saturated carbocycles. The van der Waals surface area contributed by atoms with Crippen LogP contribution in [0.2, 0.25) is 0 Å². The van der Waals surface area contributed by atoms with Crippen molar-refractivity contribution in [2.24, 2.45) is 5.92 Å². The van der Waals surface area contributed by atoms with Crippen molar-refractivity contribution < 1.29 is 14.6 Å². The summed E-state index contributed by atoms with van der Waals surface area (Å²) in [6, 6.07) is 16.7. The van der Waals surface area contributed by atoms with Crippen LogP contribution in [0.15, 0.2) is 48.5 Å². The van der Waals surface area contributed by atoms with Crippen LogP contribution in [-0.4, -0.2) is 36.2 Å². The molecule has 1 unspecified atom stereocenters. The number of methoxy groups -OCH3 is 1. The van der Waals surface area contributed by atoms with Gasteiger partial charge in [-0.1, -0.05) is 36.4 Å². The number of rotatable bonds is 5. The zero-order chi connectivity index (χ0) is 17.8. The van der Waals surface area contributed by atoms with E-state index in [1.54, 1.807) is 7.11 Å². The van der Waals surface area contributed by atoms with Gasteiger partial charge < -0.3 is 9.84 Å². The maximum Gasteiger partial charge on any atom is 0.306 e. The van der Waals surface area contributed by atoms with Crippen LogP contribution in [0.3, 0.4) is 0 Å². The van der Waals surface area contributed by atoms with Crippen LogP contribution in [0.1, 0.15) is 35.6 Å². The molecule has 1 N–H and O–H groups in total. The Morgan fingerprint density at radius 2 is 1.88 bits per heavy atom. The van der Waals surface area contributed by atoms with E-state index in [-0.39, 0.29) is 12.0 Å². The molecule has 1 heterocycles. The number of hydrogen-bond donors (Lipinski definition) is 1. The van der Waals surface area contributed by atoms with Crippen LogP contribution in [0.25, 0.3) is 0 Å². The van der Waals surface area contributed by atoms with Crippen molar-refractivity contribution >= 4 is 5.97 Å². The molecule has 1 fully saturated rings. The fourth-order valence-corrected chi connectivity index (χ4v) is 3.70. The summed E-state index contributed by atoms with van der Waals surface area (Å²) in [7, 11) is 1.68. The highest BCUT2D eigenvalue weighted by molar-refractivity contribution is 5.70. The Bertz CT molecular complexity index is 735. The van der Waals surface area contributed by atoms with Crippen LogP contribution in [0, 0.1) is 12.8 Å². The first-order valence-corrected chi connectivity index (χ1v) is 8.76. The third kappa shape index (κ3) is 3.85. The van der Waals surface area contributed by atoms with Gasteiger partial charge in [0, 0.05) is 0 Å². The summed E-state index contributed by atoms with van der Waals surface area (Å²) in [6.07, 6.45) is 1.39. The summed E-state index contributed by atoms with van der Waals surface area (Å²) >= 11 is 0. The third-order valence-electron chi connectivity index (χ3n) is 5.14. The third-order valence-corrected chi connectivity index (χ3v) is 5.14. The van der Waals surface area contributed by atoms with Crippen molar-refractivity contribution in [3.63, 3.8) is 0 Å². The molecule has 1 aliphatic heterocycles. The van der Waals surface area contributed by atoms with E-state index in [1.165, 1.54) is 16.7 Å². The largest absolute Gasteiger partial charge is 0.497 e. The fraction of sp³-hybridized carbons (Fsp3) is 0.381. The van der Waals surface area contributed by atoms with Gasteiger partial charge >= 0.3 is 5.97 Å². The van der Waals surface area contributed by atoms with E-state index in [4.69, 9.17) is 4.74 Å². The van der Waals surface area contributed by atoms with Crippen LogP contribution >= 0.6 is 0 Å². The van der Waals surface area contributed by atoms with Crippen molar-refractivity contribution in [3.05, 3.63) is 65.2 Å². The molecule has 2 aromatic carbocycles. The van der Waals surface area contributed by atoms with Gasteiger partial charge in [0.05, 0.1) is 19.1 Å². The summed E-state index contributed by atoms with van der Waals surface area (Å²) in [4.78, 5) is 13.7. The zero-order valence-corrected chi connectivity index (χ0v) is 14.8. The molecular weight excluding hydrogens is 314 g/mol. The lowest BCUT2D eigenvalue weighted by Gasteiger charge is -2.37. The average molecular weight is 339 g/mol. The second kappa shape index (κ2) is 7.70. The lowest BCUT2D eigenvalue weighted by atomic mass is 9.89. The fourth-order valence-electron chi connectivity index (χ4n) is 3.70. The van der Waals surface area contributed by atoms with Gasteiger partial charge in [0.15, 0.2) is 0 Å². The van der Waals surface area contributed by atoms with Gasteiger partial charge in [-0.2, -0.15) is 0 Å². The summed E-state index contributed by atoms with van der Waals surface area (Å²) in [6.45, 7) is 3.70. The number of ether oxygens (including phenoxy) is 1. The molecule has 0 radical (unpaired) electrons. The topological polar surface area (TPSA) is 49.8 Å². The number of aryl methyl sites for hydroxylation is 1. The molecule has 1 aliphatic rings. The van der Waals surface area contributed by atoms with Crippen molar-refractivity contribution in [2.75, 3.05) is 20.2 Å². The lowest BCUT2D eigenvalue weighted by Crippen LogP contribution is -2.39. The number of piperidine rings is 1. The van der Waals surface area contributed by atoms with Gasteiger partial charge in [-0.25, -0.2) is 0 Å². The molecule has 2 aromatic rings. The van der Waals surface area contributed by atoms with Gasteiger partial charge in [0.1, 0.15) is 5.75 Å². The predicted molar refractivity (Wildman–Crippen MR) is 97.9 cm³/mol. The standard InChI is InChI=1S/C21H25NO3/c1-15-6-3-4-9-19(15)20(17-7-5-8-18(14-17)25-2)22-12-10-16(11-13-22)21(23)24/h3-9,14,16,20H,10-13H2,1-2H3,(H,23,24). The molecule has 25 heavy (non-hydrogen) atoms. The molecule has 4 heteroatoms. The maximum absolute atomic E-state index is 11.3. The Labute approximate surface area is 149 Å². The van der Waals surface area contributed by atoms with E-state index in [9.17, 15) is 9.90 Å². The van der Waals surface area contributed by atoms with Gasteiger partial charge in [-0.05, 0) is 61.7 Å². The minimum Gasteiger partial charge on any atom is -0.497 e. The first kappa shape index (κ1) is 17.5. The van der Waals surface area contributed by atoms with Crippen molar-refractivity contribution in [3.8, 4) is 5.75 Å². The van der Waals surface area contributed by atoms with Crippen molar-refractivity contribution in [1.29, 1.82) is 0 Å². The SMILES string of the molecule is COc1cccc(C(c2ccccc2C)N2CCC(C(=O)O)CC2)c1. The zero-order valence-electron chi connectivity index (χ0n) is 14.8. The first-order valence-electron chi connectivity index (χ1n) is 8.76. The van der Waals surface area contributed by atoms with E-state index < -0.39 is 5.97 Å². The smallest absolute Gasteiger partial charge is 0.306 e. The molecule has 0 aromatic heterocycles. The van der Waals surface area contributed by atoms with Gasteiger partial charge in [0.25, 0.3) is 0 Å². The van der Waals surface area contributed by atoms with Gasteiger partial charge in [0.2, 0.25) is 0 Å². The quantitative estimate of drug-likeness (QED) is 0.898. The number of carboxylic acid groups (broad SMARTS) is 1. The summed E-state index contributed by atoms with van der Waals surface area (Å²) in [5.74, 6) is -0.0518. The average Bonchev–Trinajstić information content (AvgIpc) is 2.64. The Balaban J connectivity index is 1.95. The minimum atomic E-state index is -0.673. The van der Waals surface area contributed by atoms with Crippen molar-refractivity contribution in [2.45, 2.75) is 25.8 Å². The minimum absolute atomic E-state index is 0.117. The van der Waals surface area contributed by atoms with Crippen molar-refractivity contribution in [1.82, 2.24) is 4.90 Å². The number of aliphatic carboxylic acids is 1. The second-order valence-corrected chi connectivity index (χ2v) is 6.68. The number of carbonyl (C=O) groups is 1. The number of nitrogens with zero attached hydrogens (tertiary/aromatic N) is 1. The normalized spacial score (nSPS) is 17.2. The number of carboxylic acids is 1. The molecule has 0 spiro atoms. The highest BCUT2D eigenvalue weighted by atomic mass is 16.5. The number of likely N-dealkylation sites (tertiary alicyclic amines) is 1. The summed E-state index contributed by atoms with van der Waals surface area (Å²) < 4.78 is 5.41. The molecular formula is C21H25NO3. The monoisotopic (exact) mass is 339 g/mol. The van der Waals surface area contributed by atoms with Gasteiger partial charge in [-0.3, -0.25) is 9.69 Å². The Hall–Kier alpha value is -2.33. The maximum atomic E-state index is 11.3. The Morgan fingerprint density at radius 3 is 2.52 bits per heavy atom. The second-order valence-electron chi connectivity index (χ2n) is 6.68. The summed E-state index contributed by atoms with van der Waals surface area (Å²) in [5, 5.41) is 9.27. The van der Waals surface area contributed by atoms with Crippen LogP contribution < -0.4 is 4.74 Å². The molecule has 1 atom stereocenters. The molecule has 3 rings (SSSR count). The van der Waals surface area contributed by atoms with E-state index in [0.717, 1.165) is 18.8 Å². The molecule has 0 amide bonds. The molecule has 0 aliphatic carbocycles. The van der Waals surface area contributed by atoms with E-state index in [0.29, 0.717) is 12.8 Å². The van der Waals surface area contributed by atoms with Crippen LogP contribution in [-0.2, 0) is 4.79 Å². The van der Waals surface area contributed by atoms with E-state index in [1.807, 2.05) is 12.1 Å². The molecule has 132 valence electrons. The van der Waals surface area contributed by atoms with Gasteiger partial charge in [-0.15, -0.1) is 0 Å². The predicted octanol–water partition coefficient (Wildman–Crippen LogP) is 3.89. The Morgan fingerprint density at radius 1 is 1.16 bits per heavy atom. The van der Waals surface area contributed by atoms with E-state index >= 15 is 0 Å². The molecule has 4 nitrogen and oxygen atoms in total. The Kier molecular flexibility index (Phi) is 5.39. The van der Waals surface area contributed by atoms with Crippen LogP contribution in [0.5, 0.6) is 5.75 Å². The molecule has 1 saturated heterocycles. The van der Waals surface area contributed by atoms with Crippen LogP contribution in [0.4, 0.5) is 0 Å². The highest BCUT2D eigenvalue weighted by Crippen LogP contribution is 2.35. The number of benzene rings is 2. The molecule has 0 bridgehead atoms. The first-order chi connectivity index (χ1) is 12.1. The van der Waals surface area contributed by atoms with E-state index in [2.05, 4.69) is 48.2 Å².